The summed E-state index contributed by atoms with van der Waals surface area (Å²) >= 11 is 0. The smallest absolute Gasteiger partial charge is 0.141 e. The van der Waals surface area contributed by atoms with Crippen LogP contribution in [0, 0.1) is 5.41 Å². The van der Waals surface area contributed by atoms with Gasteiger partial charge in [0.15, 0.2) is 0 Å². The lowest BCUT2D eigenvalue weighted by Crippen LogP contribution is -2.32. The van der Waals surface area contributed by atoms with Crippen molar-refractivity contribution in [2.24, 2.45) is 5.73 Å². The van der Waals surface area contributed by atoms with E-state index in [2.05, 4.69) is 16.8 Å². The molecule has 0 aromatic carbocycles. The summed E-state index contributed by atoms with van der Waals surface area (Å²) in [4.78, 5) is 6.09. The molecule has 0 bridgehead atoms. The van der Waals surface area contributed by atoms with Gasteiger partial charge in [-0.1, -0.05) is 0 Å². The van der Waals surface area contributed by atoms with Crippen molar-refractivity contribution in [2.45, 2.75) is 13.0 Å². The molecule has 1 atom stereocenters. The Balaban J connectivity index is 2.86. The highest BCUT2D eigenvalue weighted by molar-refractivity contribution is 5.93. The van der Waals surface area contributed by atoms with Crippen molar-refractivity contribution in [3.63, 3.8) is 0 Å². The van der Waals surface area contributed by atoms with Gasteiger partial charge >= 0.3 is 0 Å². The SMILES string of the molecule is COCC(C)N(C)c1ccnc(C(=N)N)c1. The van der Waals surface area contributed by atoms with Crippen molar-refractivity contribution in [1.82, 2.24) is 4.98 Å². The van der Waals surface area contributed by atoms with Crippen LogP contribution in [0.5, 0.6) is 0 Å². The number of anilines is 1. The first-order chi connectivity index (χ1) is 7.56. The summed E-state index contributed by atoms with van der Waals surface area (Å²) in [5, 5.41) is 7.33. The molecule has 0 fully saturated rings. The maximum Gasteiger partial charge on any atom is 0.141 e. The van der Waals surface area contributed by atoms with Crippen molar-refractivity contribution in [3.05, 3.63) is 24.0 Å². The highest BCUT2D eigenvalue weighted by Crippen LogP contribution is 2.15. The molecule has 0 spiro atoms. The molecule has 3 N–H and O–H groups in total. The molecular weight excluding hydrogens is 204 g/mol. The average Bonchev–Trinajstić information content (AvgIpc) is 2.28. The predicted molar refractivity (Wildman–Crippen MR) is 65.0 cm³/mol. The summed E-state index contributed by atoms with van der Waals surface area (Å²) in [5.74, 6) is -0.0188. The van der Waals surface area contributed by atoms with E-state index >= 15 is 0 Å². The molecule has 0 aliphatic rings. The van der Waals surface area contributed by atoms with Crippen molar-refractivity contribution in [3.8, 4) is 0 Å². The Hall–Kier alpha value is -1.62. The number of amidine groups is 1. The van der Waals surface area contributed by atoms with Crippen LogP contribution in [0.1, 0.15) is 12.6 Å². The first-order valence-electron chi connectivity index (χ1n) is 5.08. The number of aromatic nitrogens is 1. The number of nitrogens with two attached hydrogens (primary N) is 1. The second-order valence-electron chi connectivity index (χ2n) is 3.73. The fourth-order valence-corrected chi connectivity index (χ4v) is 1.39. The van der Waals surface area contributed by atoms with E-state index in [4.69, 9.17) is 15.9 Å². The summed E-state index contributed by atoms with van der Waals surface area (Å²) < 4.78 is 5.10. The summed E-state index contributed by atoms with van der Waals surface area (Å²) in [6.45, 7) is 2.71. The molecule has 5 heteroatoms. The maximum absolute atomic E-state index is 7.33. The lowest BCUT2D eigenvalue weighted by atomic mass is 10.2. The number of nitrogens with one attached hydrogen (secondary N) is 1. The highest BCUT2D eigenvalue weighted by Gasteiger charge is 2.10. The third-order valence-corrected chi connectivity index (χ3v) is 2.50. The number of ether oxygens (including phenoxy) is 1. The number of pyridine rings is 1. The van der Waals surface area contributed by atoms with E-state index in [-0.39, 0.29) is 11.9 Å². The molecule has 88 valence electrons. The zero-order chi connectivity index (χ0) is 12.1. The molecule has 5 nitrogen and oxygen atoms in total. The summed E-state index contributed by atoms with van der Waals surface area (Å²) in [6.07, 6.45) is 1.65. The molecule has 1 aromatic rings. The summed E-state index contributed by atoms with van der Waals surface area (Å²) in [7, 11) is 3.65. The molecule has 0 radical (unpaired) electrons. The zero-order valence-corrected chi connectivity index (χ0v) is 9.90. The Morgan fingerprint density at radius 2 is 2.38 bits per heavy atom. The third kappa shape index (κ3) is 2.93. The minimum absolute atomic E-state index is 0.0188. The molecule has 1 unspecified atom stereocenters. The van der Waals surface area contributed by atoms with Crippen LogP contribution in [-0.4, -0.2) is 37.6 Å². The van der Waals surface area contributed by atoms with Crippen LogP contribution in [0.4, 0.5) is 5.69 Å². The Labute approximate surface area is 95.7 Å². The second-order valence-corrected chi connectivity index (χ2v) is 3.73. The van der Waals surface area contributed by atoms with Gasteiger partial charge in [0, 0.05) is 32.1 Å². The number of hydrogen-bond acceptors (Lipinski definition) is 4. The normalized spacial score (nSPS) is 12.2. The number of hydrogen-bond donors (Lipinski definition) is 2. The summed E-state index contributed by atoms with van der Waals surface area (Å²) in [6, 6.07) is 3.94. The maximum atomic E-state index is 7.33. The van der Waals surface area contributed by atoms with E-state index in [1.54, 1.807) is 19.4 Å². The van der Waals surface area contributed by atoms with Gasteiger partial charge in [0.25, 0.3) is 0 Å². The number of nitrogens with zero attached hydrogens (tertiary/aromatic N) is 2. The van der Waals surface area contributed by atoms with Gasteiger partial charge in [0.2, 0.25) is 0 Å². The minimum Gasteiger partial charge on any atom is -0.383 e. The van der Waals surface area contributed by atoms with Crippen molar-refractivity contribution >= 4 is 11.5 Å². The van der Waals surface area contributed by atoms with Gasteiger partial charge in [-0.2, -0.15) is 0 Å². The van der Waals surface area contributed by atoms with Crippen molar-refractivity contribution in [2.75, 3.05) is 25.7 Å². The van der Waals surface area contributed by atoms with E-state index in [0.29, 0.717) is 12.3 Å². The van der Waals surface area contributed by atoms with E-state index in [0.717, 1.165) is 5.69 Å². The van der Waals surface area contributed by atoms with E-state index < -0.39 is 0 Å². The van der Waals surface area contributed by atoms with Gasteiger partial charge in [0.1, 0.15) is 11.5 Å². The molecule has 1 heterocycles. The predicted octanol–water partition coefficient (Wildman–Crippen LogP) is 0.837. The fourth-order valence-electron chi connectivity index (χ4n) is 1.39. The first kappa shape index (κ1) is 12.4. The largest absolute Gasteiger partial charge is 0.383 e. The van der Waals surface area contributed by atoms with E-state index in [1.165, 1.54) is 0 Å². The fraction of sp³-hybridized carbons (Fsp3) is 0.455. The van der Waals surface area contributed by atoms with Crippen LogP contribution in [0.3, 0.4) is 0 Å². The second kappa shape index (κ2) is 5.46. The molecule has 1 rings (SSSR count). The first-order valence-corrected chi connectivity index (χ1v) is 5.08. The van der Waals surface area contributed by atoms with E-state index in [1.807, 2.05) is 13.1 Å². The highest BCUT2D eigenvalue weighted by atomic mass is 16.5. The Kier molecular flexibility index (Phi) is 4.25. The Morgan fingerprint density at radius 1 is 1.69 bits per heavy atom. The quantitative estimate of drug-likeness (QED) is 0.571. The van der Waals surface area contributed by atoms with Crippen molar-refractivity contribution in [1.29, 1.82) is 5.41 Å². The average molecular weight is 222 g/mol. The Morgan fingerprint density at radius 3 is 2.94 bits per heavy atom. The summed E-state index contributed by atoms with van der Waals surface area (Å²) in [5.41, 5.74) is 6.87. The molecule has 1 aromatic heterocycles. The minimum atomic E-state index is -0.0188. The van der Waals surface area contributed by atoms with Gasteiger partial charge in [-0.05, 0) is 19.1 Å². The van der Waals surface area contributed by atoms with Crippen LogP contribution in [0.15, 0.2) is 18.3 Å². The molecular formula is C11H18N4O. The molecule has 0 amide bonds. The van der Waals surface area contributed by atoms with Crippen LogP contribution in [0.25, 0.3) is 0 Å². The van der Waals surface area contributed by atoms with Gasteiger partial charge in [-0.3, -0.25) is 10.4 Å². The van der Waals surface area contributed by atoms with E-state index in [9.17, 15) is 0 Å². The zero-order valence-electron chi connectivity index (χ0n) is 9.90. The third-order valence-electron chi connectivity index (χ3n) is 2.50. The molecule has 0 aliphatic heterocycles. The number of rotatable bonds is 5. The lowest BCUT2D eigenvalue weighted by molar-refractivity contribution is 0.183. The van der Waals surface area contributed by atoms with Gasteiger partial charge < -0.3 is 15.4 Å². The van der Waals surface area contributed by atoms with Gasteiger partial charge in [-0.25, -0.2) is 0 Å². The number of methoxy groups -OCH3 is 1. The van der Waals surface area contributed by atoms with Gasteiger partial charge in [0.05, 0.1) is 6.61 Å². The lowest BCUT2D eigenvalue weighted by Gasteiger charge is -2.26. The molecule has 0 saturated heterocycles. The van der Waals surface area contributed by atoms with Crippen LogP contribution in [0.2, 0.25) is 0 Å². The van der Waals surface area contributed by atoms with Crippen LogP contribution < -0.4 is 10.6 Å². The standard InChI is InChI=1S/C11H18N4O/c1-8(7-16-3)15(2)9-4-5-14-10(6-9)11(12)13/h4-6,8H,7H2,1-3H3,(H3,12,13). The Bertz CT molecular complexity index is 367. The van der Waals surface area contributed by atoms with Gasteiger partial charge in [-0.15, -0.1) is 0 Å². The van der Waals surface area contributed by atoms with Crippen LogP contribution in [-0.2, 0) is 4.74 Å². The topological polar surface area (TPSA) is 75.2 Å². The monoisotopic (exact) mass is 222 g/mol. The number of likely N-dealkylation sites (N-methyl/N-ethyl adjacent to an activating group) is 1. The molecule has 0 saturated carbocycles. The van der Waals surface area contributed by atoms with Crippen molar-refractivity contribution < 1.29 is 4.74 Å². The number of nitrogen functional groups attached to an aromatic ring is 1. The molecule has 0 aliphatic carbocycles. The molecule has 16 heavy (non-hydrogen) atoms. The van der Waals surface area contributed by atoms with Crippen LogP contribution >= 0.6 is 0 Å².